The lowest BCUT2D eigenvalue weighted by molar-refractivity contribution is -0.0500. The molecule has 0 saturated carbocycles. The van der Waals surface area contributed by atoms with Gasteiger partial charge in [-0.2, -0.15) is 21.6 Å². The van der Waals surface area contributed by atoms with Gasteiger partial charge in [-0.15, -0.1) is 0 Å². The highest BCUT2D eigenvalue weighted by atomic mass is 79.9. The van der Waals surface area contributed by atoms with E-state index in [9.17, 15) is 21.6 Å². The third-order valence-electron chi connectivity index (χ3n) is 3.51. The van der Waals surface area contributed by atoms with Gasteiger partial charge < -0.3 is 4.18 Å². The molecule has 3 rings (SSSR count). The molecule has 0 heterocycles. The fourth-order valence-electron chi connectivity index (χ4n) is 2.40. The first kappa shape index (κ1) is 17.8. The topological polar surface area (TPSA) is 43.4 Å². The van der Waals surface area contributed by atoms with Crippen molar-refractivity contribution in [3.63, 3.8) is 0 Å². The minimum absolute atomic E-state index is 0.135. The molecule has 3 aromatic carbocycles. The maximum atomic E-state index is 12.7. The molecule has 0 spiro atoms. The smallest absolute Gasteiger partial charge is 0.375 e. The van der Waals surface area contributed by atoms with E-state index >= 15 is 0 Å². The molecule has 0 N–H and O–H groups in total. The van der Waals surface area contributed by atoms with Gasteiger partial charge in [0.25, 0.3) is 0 Å². The summed E-state index contributed by atoms with van der Waals surface area (Å²) in [5, 5.41) is 1.29. The molecular weight excluding hydrogens is 421 g/mol. The van der Waals surface area contributed by atoms with E-state index in [1.54, 1.807) is 54.6 Å². The highest BCUT2D eigenvalue weighted by molar-refractivity contribution is 9.10. The van der Waals surface area contributed by atoms with Gasteiger partial charge in [0.1, 0.15) is 0 Å². The van der Waals surface area contributed by atoms with E-state index in [0.717, 1.165) is 10.9 Å². The Labute approximate surface area is 150 Å². The summed E-state index contributed by atoms with van der Waals surface area (Å²) in [4.78, 5) is 0. The lowest BCUT2D eigenvalue weighted by atomic mass is 9.98. The van der Waals surface area contributed by atoms with Gasteiger partial charge in [-0.05, 0) is 38.5 Å². The fourth-order valence-corrected chi connectivity index (χ4v) is 3.51. The Morgan fingerprint density at radius 3 is 2.04 bits per heavy atom. The summed E-state index contributed by atoms with van der Waals surface area (Å²) in [6.45, 7) is 0. The van der Waals surface area contributed by atoms with E-state index in [2.05, 4.69) is 20.1 Å². The molecule has 130 valence electrons. The Bertz CT molecular complexity index is 1030. The molecule has 8 heteroatoms. The minimum Gasteiger partial charge on any atom is -0.375 e. The number of fused-ring (bicyclic) bond motifs is 1. The van der Waals surface area contributed by atoms with Gasteiger partial charge in [0.2, 0.25) is 0 Å². The van der Waals surface area contributed by atoms with Gasteiger partial charge in [0, 0.05) is 5.39 Å². The van der Waals surface area contributed by atoms with Crippen LogP contribution in [0.15, 0.2) is 65.1 Å². The molecule has 0 radical (unpaired) electrons. The van der Waals surface area contributed by atoms with Gasteiger partial charge in [-0.3, -0.25) is 0 Å². The van der Waals surface area contributed by atoms with Crippen LogP contribution in [0.2, 0.25) is 0 Å². The van der Waals surface area contributed by atoms with Crippen molar-refractivity contribution >= 4 is 36.8 Å². The van der Waals surface area contributed by atoms with Gasteiger partial charge >= 0.3 is 15.6 Å². The van der Waals surface area contributed by atoms with Crippen LogP contribution in [0.25, 0.3) is 21.9 Å². The fraction of sp³-hybridized carbons (Fsp3) is 0.0588. The van der Waals surface area contributed by atoms with Crippen molar-refractivity contribution in [3.8, 4) is 16.9 Å². The Morgan fingerprint density at radius 2 is 1.44 bits per heavy atom. The molecule has 0 aliphatic heterocycles. The predicted molar refractivity (Wildman–Crippen MR) is 92.7 cm³/mol. The van der Waals surface area contributed by atoms with Gasteiger partial charge in [0.15, 0.2) is 5.75 Å². The van der Waals surface area contributed by atoms with E-state index in [4.69, 9.17) is 0 Å². The van der Waals surface area contributed by atoms with E-state index in [1.165, 1.54) is 6.07 Å². The molecule has 0 atom stereocenters. The highest BCUT2D eigenvalue weighted by Gasteiger charge is 2.48. The number of benzene rings is 3. The predicted octanol–water partition coefficient (Wildman–Crippen LogP) is 5.50. The van der Waals surface area contributed by atoms with Crippen molar-refractivity contribution < 1.29 is 25.8 Å². The van der Waals surface area contributed by atoms with E-state index in [0.29, 0.717) is 10.9 Å². The van der Waals surface area contributed by atoms with Crippen LogP contribution in [0, 0.1) is 0 Å². The first-order chi connectivity index (χ1) is 11.7. The summed E-state index contributed by atoms with van der Waals surface area (Å²) in [6.07, 6.45) is 0. The Kier molecular flexibility index (Phi) is 4.51. The van der Waals surface area contributed by atoms with Gasteiger partial charge in [-0.25, -0.2) is 0 Å². The number of rotatable bonds is 3. The molecule has 0 saturated heterocycles. The van der Waals surface area contributed by atoms with Crippen LogP contribution < -0.4 is 4.18 Å². The second kappa shape index (κ2) is 6.34. The first-order valence-corrected chi connectivity index (χ1v) is 9.18. The molecule has 0 amide bonds. The molecule has 0 fully saturated rings. The van der Waals surface area contributed by atoms with Gasteiger partial charge in [0.05, 0.1) is 4.47 Å². The third-order valence-corrected chi connectivity index (χ3v) is 5.30. The number of halogens is 4. The lowest BCUT2D eigenvalue weighted by Crippen LogP contribution is -2.28. The van der Waals surface area contributed by atoms with Crippen molar-refractivity contribution in [2.45, 2.75) is 5.51 Å². The minimum atomic E-state index is -5.77. The van der Waals surface area contributed by atoms with Crippen LogP contribution in [-0.2, 0) is 10.1 Å². The maximum Gasteiger partial charge on any atom is 0.534 e. The average molecular weight is 431 g/mol. The second-order valence-electron chi connectivity index (χ2n) is 5.13. The summed E-state index contributed by atoms with van der Waals surface area (Å²) >= 11 is 3.15. The maximum absolute atomic E-state index is 12.7. The monoisotopic (exact) mass is 430 g/mol. The summed E-state index contributed by atoms with van der Waals surface area (Å²) < 4.78 is 65.3. The molecule has 25 heavy (non-hydrogen) atoms. The quantitative estimate of drug-likeness (QED) is 0.407. The molecule has 0 aromatic heterocycles. The lowest BCUT2D eigenvalue weighted by Gasteiger charge is -2.15. The van der Waals surface area contributed by atoms with Crippen LogP contribution >= 0.6 is 15.9 Å². The van der Waals surface area contributed by atoms with Crippen molar-refractivity contribution in [1.29, 1.82) is 0 Å². The zero-order valence-corrected chi connectivity index (χ0v) is 14.8. The standard InChI is InChI=1S/C17H10BrF3O3S/c18-16-13-9-5-4-8-12(13)14(11-6-2-1-3-7-11)10-15(16)24-25(22,23)17(19,20)21/h1-10H. The van der Waals surface area contributed by atoms with Crippen molar-refractivity contribution in [1.82, 2.24) is 0 Å². The van der Waals surface area contributed by atoms with E-state index < -0.39 is 21.4 Å². The summed E-state index contributed by atoms with van der Waals surface area (Å²) in [7, 11) is -5.77. The summed E-state index contributed by atoms with van der Waals surface area (Å²) in [5.41, 5.74) is -4.22. The molecule has 3 aromatic rings. The molecule has 3 nitrogen and oxygen atoms in total. The van der Waals surface area contributed by atoms with E-state index in [-0.39, 0.29) is 4.47 Å². The van der Waals surface area contributed by atoms with Crippen LogP contribution in [0.4, 0.5) is 13.2 Å². The van der Waals surface area contributed by atoms with Crippen molar-refractivity contribution in [2.24, 2.45) is 0 Å². The average Bonchev–Trinajstić information content (AvgIpc) is 2.57. The van der Waals surface area contributed by atoms with E-state index in [1.807, 2.05) is 0 Å². The SMILES string of the molecule is O=S(=O)(Oc1cc(-c2ccccc2)c2ccccc2c1Br)C(F)(F)F. The van der Waals surface area contributed by atoms with Crippen LogP contribution in [0.3, 0.4) is 0 Å². The number of alkyl halides is 3. The summed E-state index contributed by atoms with van der Waals surface area (Å²) in [6, 6.07) is 17.1. The van der Waals surface area contributed by atoms with Gasteiger partial charge in [-0.1, -0.05) is 54.6 Å². The highest BCUT2D eigenvalue weighted by Crippen LogP contribution is 2.41. The summed E-state index contributed by atoms with van der Waals surface area (Å²) in [5.74, 6) is -0.421. The van der Waals surface area contributed by atoms with Crippen molar-refractivity contribution in [3.05, 3.63) is 65.1 Å². The Hall–Kier alpha value is -2.06. The number of hydrogen-bond donors (Lipinski definition) is 0. The molecule has 0 aliphatic rings. The largest absolute Gasteiger partial charge is 0.534 e. The molecular formula is C17H10BrF3O3S. The Morgan fingerprint density at radius 1 is 0.880 bits per heavy atom. The zero-order chi connectivity index (χ0) is 18.2. The number of hydrogen-bond acceptors (Lipinski definition) is 3. The van der Waals surface area contributed by atoms with Crippen LogP contribution in [0.5, 0.6) is 5.75 Å². The van der Waals surface area contributed by atoms with Crippen LogP contribution in [0.1, 0.15) is 0 Å². The second-order valence-corrected chi connectivity index (χ2v) is 7.46. The normalized spacial score (nSPS) is 12.3. The molecule has 0 aliphatic carbocycles. The van der Waals surface area contributed by atoms with Crippen LogP contribution in [-0.4, -0.2) is 13.9 Å². The van der Waals surface area contributed by atoms with Crippen molar-refractivity contribution in [2.75, 3.05) is 0 Å². The first-order valence-electron chi connectivity index (χ1n) is 6.98. The zero-order valence-electron chi connectivity index (χ0n) is 12.4. The molecule has 0 bridgehead atoms. The third kappa shape index (κ3) is 3.36. The molecule has 0 unspecified atom stereocenters. The Balaban J connectivity index is 2.26.